The highest BCUT2D eigenvalue weighted by Gasteiger charge is 2.22. The Morgan fingerprint density at radius 3 is 2.65 bits per heavy atom. The van der Waals surface area contributed by atoms with Crippen LogP contribution < -0.4 is 15.8 Å². The van der Waals surface area contributed by atoms with E-state index in [0.717, 1.165) is 6.26 Å². The topological polar surface area (TPSA) is 97.1 Å². The van der Waals surface area contributed by atoms with Crippen LogP contribution in [0.1, 0.15) is 13.8 Å². The Kier molecular flexibility index (Phi) is 3.94. The van der Waals surface area contributed by atoms with Gasteiger partial charge in [-0.1, -0.05) is 0 Å². The summed E-state index contributed by atoms with van der Waals surface area (Å²) in [4.78, 5) is 4.06. The van der Waals surface area contributed by atoms with E-state index in [-0.39, 0.29) is 0 Å². The normalized spacial score (nSPS) is 12.4. The van der Waals surface area contributed by atoms with Crippen molar-refractivity contribution in [2.75, 3.05) is 23.9 Å². The maximum Gasteiger partial charge on any atom is 0.209 e. The average molecular weight is 258 g/mol. The number of anilines is 2. The lowest BCUT2D eigenvalue weighted by Gasteiger charge is -2.25. The Labute approximate surface area is 102 Å². The van der Waals surface area contributed by atoms with E-state index >= 15 is 0 Å². The van der Waals surface area contributed by atoms with Gasteiger partial charge >= 0.3 is 0 Å². The van der Waals surface area contributed by atoms with Crippen molar-refractivity contribution in [3.63, 3.8) is 0 Å². The second-order valence-electron chi connectivity index (χ2n) is 4.55. The molecular formula is C10H18N4O2S. The molecule has 0 fully saturated rings. The van der Waals surface area contributed by atoms with Crippen molar-refractivity contribution in [2.45, 2.75) is 19.4 Å². The lowest BCUT2D eigenvalue weighted by Crippen LogP contribution is -2.47. The van der Waals surface area contributed by atoms with Crippen molar-refractivity contribution < 1.29 is 8.42 Å². The van der Waals surface area contributed by atoms with Crippen molar-refractivity contribution in [2.24, 2.45) is 0 Å². The van der Waals surface area contributed by atoms with Gasteiger partial charge in [0.1, 0.15) is 5.82 Å². The number of aromatic nitrogens is 1. The molecule has 0 aliphatic heterocycles. The number of sulfonamides is 1. The second kappa shape index (κ2) is 4.89. The smallest absolute Gasteiger partial charge is 0.209 e. The Balaban J connectivity index is 2.65. The van der Waals surface area contributed by atoms with Crippen LogP contribution >= 0.6 is 0 Å². The number of nitrogens with zero attached hydrogens (tertiary/aromatic N) is 1. The van der Waals surface area contributed by atoms with Gasteiger partial charge in [-0.3, -0.25) is 0 Å². The summed E-state index contributed by atoms with van der Waals surface area (Å²) in [7, 11) is -3.24. The molecule has 6 nitrogen and oxygen atoms in total. The molecule has 0 aliphatic carbocycles. The molecule has 0 radical (unpaired) electrons. The lowest BCUT2D eigenvalue weighted by atomic mass is 10.1. The summed E-state index contributed by atoms with van der Waals surface area (Å²) in [6, 6.07) is 3.47. The summed E-state index contributed by atoms with van der Waals surface area (Å²) < 4.78 is 24.8. The fourth-order valence-electron chi connectivity index (χ4n) is 1.41. The van der Waals surface area contributed by atoms with Gasteiger partial charge in [0, 0.05) is 18.3 Å². The Morgan fingerprint density at radius 1 is 1.47 bits per heavy atom. The molecule has 7 heteroatoms. The Hall–Kier alpha value is -1.34. The molecule has 0 saturated carbocycles. The maximum atomic E-state index is 11.1. The third-order valence-corrected chi connectivity index (χ3v) is 2.92. The molecule has 1 heterocycles. The van der Waals surface area contributed by atoms with Gasteiger partial charge in [-0.15, -0.1) is 0 Å². The fourth-order valence-corrected chi connectivity index (χ4v) is 2.48. The average Bonchev–Trinajstić information content (AvgIpc) is 2.13. The molecule has 0 aliphatic rings. The predicted molar refractivity (Wildman–Crippen MR) is 69.2 cm³/mol. The number of nitrogens with two attached hydrogens (primary N) is 1. The predicted octanol–water partition coefficient (Wildman–Crippen LogP) is 0.404. The summed E-state index contributed by atoms with van der Waals surface area (Å²) in [5.41, 5.74) is 5.63. The van der Waals surface area contributed by atoms with E-state index < -0.39 is 15.6 Å². The quantitative estimate of drug-likeness (QED) is 0.710. The van der Waals surface area contributed by atoms with Crippen LogP contribution in [0.2, 0.25) is 0 Å². The van der Waals surface area contributed by atoms with Gasteiger partial charge in [-0.2, -0.15) is 0 Å². The first-order valence-corrected chi connectivity index (χ1v) is 7.02. The highest BCUT2D eigenvalue weighted by molar-refractivity contribution is 7.88. The molecule has 4 N–H and O–H groups in total. The van der Waals surface area contributed by atoms with Crippen LogP contribution in [-0.4, -0.2) is 31.7 Å². The molecule has 0 saturated heterocycles. The first kappa shape index (κ1) is 13.7. The number of hydrogen-bond acceptors (Lipinski definition) is 5. The van der Waals surface area contributed by atoms with E-state index in [4.69, 9.17) is 5.73 Å². The zero-order chi connectivity index (χ0) is 13.1. The molecule has 96 valence electrons. The van der Waals surface area contributed by atoms with Crippen LogP contribution in [0.25, 0.3) is 0 Å². The number of nitrogen functional groups attached to an aromatic ring is 1. The molecule has 0 spiro atoms. The molecule has 0 aromatic carbocycles. The number of rotatable bonds is 5. The van der Waals surface area contributed by atoms with Gasteiger partial charge in [0.25, 0.3) is 0 Å². The highest BCUT2D eigenvalue weighted by atomic mass is 32.2. The Morgan fingerprint density at radius 2 is 2.12 bits per heavy atom. The van der Waals surface area contributed by atoms with Gasteiger partial charge < -0.3 is 11.1 Å². The van der Waals surface area contributed by atoms with E-state index in [2.05, 4.69) is 15.0 Å². The fraction of sp³-hybridized carbons (Fsp3) is 0.500. The minimum atomic E-state index is -3.24. The summed E-state index contributed by atoms with van der Waals surface area (Å²) >= 11 is 0. The van der Waals surface area contributed by atoms with Crippen molar-refractivity contribution in [1.29, 1.82) is 0 Å². The number of nitrogens with one attached hydrogen (secondary N) is 2. The minimum absolute atomic E-state index is 0.390. The highest BCUT2D eigenvalue weighted by Crippen LogP contribution is 2.14. The molecule has 0 atom stereocenters. The van der Waals surface area contributed by atoms with Crippen molar-refractivity contribution in [3.8, 4) is 0 Å². The van der Waals surface area contributed by atoms with Crippen LogP contribution in [0.5, 0.6) is 0 Å². The zero-order valence-electron chi connectivity index (χ0n) is 10.2. The third-order valence-electron chi connectivity index (χ3n) is 2.00. The number of pyridine rings is 1. The first-order chi connectivity index (χ1) is 7.70. The van der Waals surface area contributed by atoms with Gasteiger partial charge in [0.05, 0.1) is 11.9 Å². The summed E-state index contributed by atoms with van der Waals surface area (Å²) in [6.07, 6.45) is 2.75. The van der Waals surface area contributed by atoms with Gasteiger partial charge in [-0.05, 0) is 26.0 Å². The maximum absolute atomic E-state index is 11.1. The monoisotopic (exact) mass is 258 g/mol. The van der Waals surface area contributed by atoms with E-state index in [1.807, 2.05) is 0 Å². The van der Waals surface area contributed by atoms with E-state index in [0.29, 0.717) is 18.1 Å². The van der Waals surface area contributed by atoms with Crippen molar-refractivity contribution in [1.82, 2.24) is 9.71 Å². The van der Waals surface area contributed by atoms with E-state index in [9.17, 15) is 8.42 Å². The summed E-state index contributed by atoms with van der Waals surface area (Å²) in [6.45, 7) is 3.95. The van der Waals surface area contributed by atoms with E-state index in [1.165, 1.54) is 0 Å². The standard InChI is InChI=1S/C10H18N4O2S/c1-10(2,14-17(3,15)16)7-13-9-8(11)5-4-6-12-9/h4-6,14H,7,11H2,1-3H3,(H,12,13). The molecule has 0 unspecified atom stereocenters. The molecule has 1 aromatic rings. The molecule has 0 amide bonds. The van der Waals surface area contributed by atoms with Gasteiger partial charge in [-0.25, -0.2) is 18.1 Å². The molecule has 17 heavy (non-hydrogen) atoms. The van der Waals surface area contributed by atoms with Gasteiger partial charge in [0.15, 0.2) is 0 Å². The Bertz CT molecular complexity index is 485. The second-order valence-corrected chi connectivity index (χ2v) is 6.30. The molecule has 1 aromatic heterocycles. The van der Waals surface area contributed by atoms with Crippen molar-refractivity contribution >= 4 is 21.5 Å². The van der Waals surface area contributed by atoms with Crippen LogP contribution in [0.4, 0.5) is 11.5 Å². The minimum Gasteiger partial charge on any atom is -0.396 e. The summed E-state index contributed by atoms with van der Waals surface area (Å²) in [5.74, 6) is 0.552. The lowest BCUT2D eigenvalue weighted by molar-refractivity contribution is 0.476. The molecular weight excluding hydrogens is 240 g/mol. The van der Waals surface area contributed by atoms with Crippen LogP contribution in [0.15, 0.2) is 18.3 Å². The van der Waals surface area contributed by atoms with Crippen LogP contribution in [0.3, 0.4) is 0 Å². The molecule has 1 rings (SSSR count). The largest absolute Gasteiger partial charge is 0.396 e. The first-order valence-electron chi connectivity index (χ1n) is 5.13. The van der Waals surface area contributed by atoms with Crippen LogP contribution in [0, 0.1) is 0 Å². The summed E-state index contributed by atoms with van der Waals surface area (Å²) in [5, 5.41) is 3.01. The number of hydrogen-bond donors (Lipinski definition) is 3. The van der Waals surface area contributed by atoms with Gasteiger partial charge in [0.2, 0.25) is 10.0 Å². The van der Waals surface area contributed by atoms with Crippen LogP contribution in [-0.2, 0) is 10.0 Å². The molecule has 0 bridgehead atoms. The SMILES string of the molecule is CC(C)(CNc1ncccc1N)NS(C)(=O)=O. The zero-order valence-corrected chi connectivity index (χ0v) is 11.0. The third kappa shape index (κ3) is 5.01. The van der Waals surface area contributed by atoms with Crippen molar-refractivity contribution in [3.05, 3.63) is 18.3 Å². The van der Waals surface area contributed by atoms with E-state index in [1.54, 1.807) is 32.2 Å².